The van der Waals surface area contributed by atoms with Crippen molar-refractivity contribution < 1.29 is 36.2 Å². The molecule has 0 fully saturated rings. The molecule has 0 amide bonds. The monoisotopic (exact) mass is 341 g/mol. The predicted octanol–water partition coefficient (Wildman–Crippen LogP) is 1.43. The highest BCUT2D eigenvalue weighted by Gasteiger charge is 2.31. The summed E-state index contributed by atoms with van der Waals surface area (Å²) in [6.45, 7) is -0.840. The molecule has 1 aromatic carbocycles. The number of benzene rings is 1. The second kappa shape index (κ2) is 7.07. The van der Waals surface area contributed by atoms with Gasteiger partial charge in [0, 0.05) is 13.6 Å². The maximum absolute atomic E-state index is 12.4. The Labute approximate surface area is 125 Å². The molecule has 10 heteroatoms. The number of rotatable bonds is 7. The number of carbonyl (C=O) groups is 1. The minimum Gasteiger partial charge on any atom is -0.480 e. The molecular formula is C12H14F3NO5S. The van der Waals surface area contributed by atoms with Crippen LogP contribution in [0, 0.1) is 0 Å². The summed E-state index contributed by atoms with van der Waals surface area (Å²) in [6.07, 6.45) is -4.54. The minimum atomic E-state index is -4.54. The van der Waals surface area contributed by atoms with E-state index in [9.17, 15) is 26.4 Å². The first kappa shape index (κ1) is 18.4. The van der Waals surface area contributed by atoms with Gasteiger partial charge in [0.15, 0.2) is 0 Å². The molecule has 124 valence electrons. The van der Waals surface area contributed by atoms with E-state index in [1.165, 1.54) is 7.05 Å². The van der Waals surface area contributed by atoms with Crippen LogP contribution in [0.4, 0.5) is 13.2 Å². The first-order valence-corrected chi connectivity index (χ1v) is 7.42. The maximum Gasteiger partial charge on any atom is 0.416 e. The van der Waals surface area contributed by atoms with Crippen molar-refractivity contribution in [1.29, 1.82) is 0 Å². The number of aliphatic carboxylic acids is 1. The van der Waals surface area contributed by atoms with E-state index in [1.54, 1.807) is 0 Å². The smallest absolute Gasteiger partial charge is 0.416 e. The lowest BCUT2D eigenvalue weighted by atomic mass is 10.2. The van der Waals surface area contributed by atoms with Crippen LogP contribution in [-0.4, -0.2) is 50.6 Å². The largest absolute Gasteiger partial charge is 0.480 e. The number of sulfonamides is 1. The number of ether oxygens (including phenoxy) is 1. The van der Waals surface area contributed by atoms with Crippen LogP contribution in [0.3, 0.4) is 0 Å². The van der Waals surface area contributed by atoms with Gasteiger partial charge < -0.3 is 9.84 Å². The van der Waals surface area contributed by atoms with Crippen molar-refractivity contribution in [3.8, 4) is 0 Å². The van der Waals surface area contributed by atoms with Gasteiger partial charge in [-0.1, -0.05) is 0 Å². The second-order valence-electron chi connectivity index (χ2n) is 4.30. The van der Waals surface area contributed by atoms with Crippen molar-refractivity contribution in [3.05, 3.63) is 29.8 Å². The molecule has 0 aliphatic heterocycles. The van der Waals surface area contributed by atoms with E-state index in [4.69, 9.17) is 9.84 Å². The molecule has 1 rings (SSSR count). The third kappa shape index (κ3) is 4.97. The molecule has 1 aromatic rings. The summed E-state index contributed by atoms with van der Waals surface area (Å²) in [5.74, 6) is -1.19. The molecule has 0 radical (unpaired) electrons. The predicted molar refractivity (Wildman–Crippen MR) is 69.7 cm³/mol. The van der Waals surface area contributed by atoms with Crippen LogP contribution in [0.2, 0.25) is 0 Å². The molecule has 1 N–H and O–H groups in total. The molecule has 6 nitrogen and oxygen atoms in total. The summed E-state index contributed by atoms with van der Waals surface area (Å²) >= 11 is 0. The van der Waals surface area contributed by atoms with Crippen molar-refractivity contribution in [3.63, 3.8) is 0 Å². The number of nitrogens with zero attached hydrogens (tertiary/aromatic N) is 1. The van der Waals surface area contributed by atoms with E-state index < -0.39 is 34.3 Å². The standard InChI is InChI=1S/C12H14F3NO5S/c1-16(6-7-21-8-11(17)18)22(19,20)10-4-2-9(3-5-10)12(13,14)15/h2-5H,6-8H2,1H3,(H,17,18). The Morgan fingerprint density at radius 2 is 1.82 bits per heavy atom. The maximum atomic E-state index is 12.4. The molecule has 0 saturated carbocycles. The first-order chi connectivity index (χ1) is 10.0. The average molecular weight is 341 g/mol. The van der Waals surface area contributed by atoms with Crippen molar-refractivity contribution in [1.82, 2.24) is 4.31 Å². The Bertz CT molecular complexity index is 613. The molecule has 0 saturated heterocycles. The quantitative estimate of drug-likeness (QED) is 0.759. The Hall–Kier alpha value is -1.65. The number of hydrogen-bond acceptors (Lipinski definition) is 4. The van der Waals surface area contributed by atoms with E-state index in [1.807, 2.05) is 0 Å². The van der Waals surface area contributed by atoms with Gasteiger partial charge in [-0.25, -0.2) is 13.2 Å². The zero-order valence-electron chi connectivity index (χ0n) is 11.5. The lowest BCUT2D eigenvalue weighted by Crippen LogP contribution is -2.30. The van der Waals surface area contributed by atoms with E-state index in [2.05, 4.69) is 0 Å². The highest BCUT2D eigenvalue weighted by atomic mass is 32.2. The third-order valence-corrected chi connectivity index (χ3v) is 4.54. The number of halogens is 3. The fourth-order valence-electron chi connectivity index (χ4n) is 1.47. The lowest BCUT2D eigenvalue weighted by Gasteiger charge is -2.17. The van der Waals surface area contributed by atoms with Gasteiger partial charge in [0.1, 0.15) is 6.61 Å². The highest BCUT2D eigenvalue weighted by molar-refractivity contribution is 7.89. The Kier molecular flexibility index (Phi) is 5.92. The van der Waals surface area contributed by atoms with E-state index in [0.717, 1.165) is 16.4 Å². The van der Waals surface area contributed by atoms with E-state index >= 15 is 0 Å². The number of hydrogen-bond donors (Lipinski definition) is 1. The molecule has 0 aliphatic rings. The zero-order valence-corrected chi connectivity index (χ0v) is 12.3. The number of carboxylic acids is 1. The number of carboxylic acid groups (broad SMARTS) is 1. The molecule has 0 spiro atoms. The van der Waals surface area contributed by atoms with Gasteiger partial charge in [0.25, 0.3) is 0 Å². The SMILES string of the molecule is CN(CCOCC(=O)O)S(=O)(=O)c1ccc(C(F)(F)F)cc1. The average Bonchev–Trinajstić information content (AvgIpc) is 2.42. The summed E-state index contributed by atoms with van der Waals surface area (Å²) in [4.78, 5) is 9.94. The number of likely N-dealkylation sites (N-methyl/N-ethyl adjacent to an activating group) is 1. The van der Waals surface area contributed by atoms with Crippen LogP contribution in [0.5, 0.6) is 0 Å². The zero-order chi connectivity index (χ0) is 17.0. The van der Waals surface area contributed by atoms with Gasteiger partial charge in [-0.2, -0.15) is 17.5 Å². The van der Waals surface area contributed by atoms with Gasteiger partial charge in [0.2, 0.25) is 10.0 Å². The lowest BCUT2D eigenvalue weighted by molar-refractivity contribution is -0.142. The first-order valence-electron chi connectivity index (χ1n) is 5.98. The van der Waals surface area contributed by atoms with Crippen LogP contribution >= 0.6 is 0 Å². The van der Waals surface area contributed by atoms with Gasteiger partial charge in [-0.05, 0) is 24.3 Å². The van der Waals surface area contributed by atoms with Crippen molar-refractivity contribution in [2.24, 2.45) is 0 Å². The molecule has 0 aliphatic carbocycles. The molecule has 22 heavy (non-hydrogen) atoms. The molecule has 0 unspecified atom stereocenters. The molecule has 0 heterocycles. The van der Waals surface area contributed by atoms with Crippen LogP contribution in [0.15, 0.2) is 29.2 Å². The molecule has 0 aromatic heterocycles. The summed E-state index contributed by atoms with van der Waals surface area (Å²) in [6, 6.07) is 3.10. The van der Waals surface area contributed by atoms with Crippen molar-refractivity contribution in [2.75, 3.05) is 26.8 Å². The topological polar surface area (TPSA) is 83.9 Å². The highest BCUT2D eigenvalue weighted by Crippen LogP contribution is 2.30. The van der Waals surface area contributed by atoms with Gasteiger partial charge >= 0.3 is 12.1 Å². The van der Waals surface area contributed by atoms with Crippen molar-refractivity contribution in [2.45, 2.75) is 11.1 Å². The fraction of sp³-hybridized carbons (Fsp3) is 0.417. The second-order valence-corrected chi connectivity index (χ2v) is 6.34. The van der Waals surface area contributed by atoms with Crippen LogP contribution < -0.4 is 0 Å². The minimum absolute atomic E-state index is 0.128. The van der Waals surface area contributed by atoms with Crippen LogP contribution in [0.25, 0.3) is 0 Å². The normalized spacial score (nSPS) is 12.6. The van der Waals surface area contributed by atoms with Gasteiger partial charge in [0.05, 0.1) is 17.1 Å². The molecule has 0 atom stereocenters. The van der Waals surface area contributed by atoms with E-state index in [-0.39, 0.29) is 18.0 Å². The third-order valence-electron chi connectivity index (χ3n) is 2.67. The van der Waals surface area contributed by atoms with E-state index in [0.29, 0.717) is 12.1 Å². The Balaban J connectivity index is 2.74. The Morgan fingerprint density at radius 1 is 1.27 bits per heavy atom. The summed E-state index contributed by atoms with van der Waals surface area (Å²) < 4.78 is 67.0. The fourth-order valence-corrected chi connectivity index (χ4v) is 2.62. The summed E-state index contributed by atoms with van der Waals surface area (Å²) in [7, 11) is -2.74. The van der Waals surface area contributed by atoms with Crippen LogP contribution in [-0.2, 0) is 25.7 Å². The van der Waals surface area contributed by atoms with Gasteiger partial charge in [-0.15, -0.1) is 0 Å². The summed E-state index contributed by atoms with van der Waals surface area (Å²) in [5.41, 5.74) is -0.945. The van der Waals surface area contributed by atoms with Crippen molar-refractivity contribution >= 4 is 16.0 Å². The number of alkyl halides is 3. The Morgan fingerprint density at radius 3 is 2.27 bits per heavy atom. The van der Waals surface area contributed by atoms with Gasteiger partial charge in [-0.3, -0.25) is 0 Å². The van der Waals surface area contributed by atoms with Crippen LogP contribution in [0.1, 0.15) is 5.56 Å². The summed E-state index contributed by atoms with van der Waals surface area (Å²) in [5, 5.41) is 8.36. The molecular weight excluding hydrogens is 327 g/mol. The molecule has 0 bridgehead atoms.